The van der Waals surface area contributed by atoms with Crippen LogP contribution in [0.1, 0.15) is 16.8 Å². The monoisotopic (exact) mass is 380 g/mol. The third-order valence-corrected chi connectivity index (χ3v) is 5.28. The fourth-order valence-corrected chi connectivity index (χ4v) is 3.94. The minimum absolute atomic E-state index is 0.00394. The van der Waals surface area contributed by atoms with E-state index in [1.807, 2.05) is 30.3 Å². The highest BCUT2D eigenvalue weighted by molar-refractivity contribution is 5.87. The van der Waals surface area contributed by atoms with Gasteiger partial charge >= 0.3 is 0 Å². The summed E-state index contributed by atoms with van der Waals surface area (Å²) in [6.07, 6.45) is 1.93. The van der Waals surface area contributed by atoms with E-state index in [9.17, 15) is 4.79 Å². The molecule has 1 aliphatic carbocycles. The summed E-state index contributed by atoms with van der Waals surface area (Å²) in [5.41, 5.74) is 4.47. The van der Waals surface area contributed by atoms with Crippen LogP contribution in [0.5, 0.6) is 17.2 Å². The van der Waals surface area contributed by atoms with Crippen molar-refractivity contribution >= 4 is 16.8 Å². The molecular weight excluding hydrogens is 356 g/mol. The number of fused-ring (bicyclic) bond motifs is 3. The highest BCUT2D eigenvalue weighted by Crippen LogP contribution is 2.32. The second-order valence-electron chi connectivity index (χ2n) is 7.03. The molecule has 0 radical (unpaired) electrons. The molecule has 1 aromatic heterocycles. The zero-order chi connectivity index (χ0) is 19.7. The lowest BCUT2D eigenvalue weighted by Crippen LogP contribution is -2.36. The topological polar surface area (TPSA) is 72.6 Å². The fourth-order valence-electron chi connectivity index (χ4n) is 3.94. The van der Waals surface area contributed by atoms with Crippen LogP contribution in [-0.2, 0) is 24.1 Å². The van der Waals surface area contributed by atoms with E-state index < -0.39 is 0 Å². The maximum atomic E-state index is 12.5. The number of aromatic amines is 1. The maximum Gasteiger partial charge on any atom is 0.224 e. The third kappa shape index (κ3) is 3.38. The molecule has 1 heterocycles. The molecule has 2 aromatic carbocycles. The molecule has 1 atom stereocenters. The number of methoxy groups -OCH3 is 3. The van der Waals surface area contributed by atoms with Gasteiger partial charge in [0.05, 0.1) is 27.8 Å². The predicted molar refractivity (Wildman–Crippen MR) is 107 cm³/mol. The molecule has 0 aliphatic heterocycles. The molecule has 28 heavy (non-hydrogen) atoms. The Hall–Kier alpha value is -3.15. The zero-order valence-electron chi connectivity index (χ0n) is 16.3. The Labute approximate surface area is 163 Å². The number of carbonyl (C=O) groups is 1. The number of hydrogen-bond acceptors (Lipinski definition) is 4. The van der Waals surface area contributed by atoms with Crippen LogP contribution in [0, 0.1) is 0 Å². The molecule has 3 aromatic rings. The number of ether oxygens (including phenoxy) is 3. The van der Waals surface area contributed by atoms with Crippen LogP contribution in [0.15, 0.2) is 36.4 Å². The van der Waals surface area contributed by atoms with E-state index in [1.54, 1.807) is 21.3 Å². The first-order valence-electron chi connectivity index (χ1n) is 9.29. The molecule has 0 spiro atoms. The Morgan fingerprint density at radius 3 is 2.61 bits per heavy atom. The molecule has 2 N–H and O–H groups in total. The van der Waals surface area contributed by atoms with Gasteiger partial charge in [-0.3, -0.25) is 4.79 Å². The van der Waals surface area contributed by atoms with Crippen molar-refractivity contribution in [2.24, 2.45) is 0 Å². The number of rotatable bonds is 6. The summed E-state index contributed by atoms with van der Waals surface area (Å²) < 4.78 is 15.9. The highest BCUT2D eigenvalue weighted by Gasteiger charge is 2.26. The minimum Gasteiger partial charge on any atom is -0.497 e. The van der Waals surface area contributed by atoms with E-state index in [2.05, 4.69) is 16.4 Å². The highest BCUT2D eigenvalue weighted by atomic mass is 16.5. The molecule has 0 saturated carbocycles. The molecule has 6 nitrogen and oxygen atoms in total. The number of carbonyl (C=O) groups excluding carboxylic acids is 1. The van der Waals surface area contributed by atoms with Crippen LogP contribution in [0.3, 0.4) is 0 Å². The van der Waals surface area contributed by atoms with Crippen LogP contribution in [0.2, 0.25) is 0 Å². The molecule has 6 heteroatoms. The summed E-state index contributed by atoms with van der Waals surface area (Å²) in [6, 6.07) is 11.7. The van der Waals surface area contributed by atoms with Crippen molar-refractivity contribution in [1.29, 1.82) is 0 Å². The minimum atomic E-state index is 0.00394. The van der Waals surface area contributed by atoms with Gasteiger partial charge in [0.1, 0.15) is 5.75 Å². The first-order valence-corrected chi connectivity index (χ1v) is 9.29. The van der Waals surface area contributed by atoms with E-state index in [-0.39, 0.29) is 11.9 Å². The van der Waals surface area contributed by atoms with Crippen molar-refractivity contribution in [3.8, 4) is 17.2 Å². The molecule has 4 rings (SSSR count). The zero-order valence-corrected chi connectivity index (χ0v) is 16.3. The fraction of sp³-hybridized carbons (Fsp3) is 0.318. The molecule has 0 saturated heterocycles. The van der Waals surface area contributed by atoms with Gasteiger partial charge in [-0.2, -0.15) is 0 Å². The largest absolute Gasteiger partial charge is 0.497 e. The normalized spacial score (nSPS) is 15.3. The van der Waals surface area contributed by atoms with Crippen LogP contribution >= 0.6 is 0 Å². The van der Waals surface area contributed by atoms with Gasteiger partial charge in [0.15, 0.2) is 11.5 Å². The standard InChI is InChI=1S/C22H24N2O4/c1-26-15-5-6-18-17(12-15)16-10-14(11-19(16)24-18)23-22(25)9-13-4-7-20(27-2)21(8-13)28-3/h4-8,12,14,24H,9-11H2,1-3H3,(H,23,25). The average molecular weight is 380 g/mol. The van der Waals surface area contributed by atoms with E-state index in [0.29, 0.717) is 17.9 Å². The number of amides is 1. The molecular formula is C22H24N2O4. The summed E-state index contributed by atoms with van der Waals surface area (Å²) in [5.74, 6) is 2.13. The number of aromatic nitrogens is 1. The summed E-state index contributed by atoms with van der Waals surface area (Å²) in [7, 11) is 4.86. The Morgan fingerprint density at radius 1 is 1.04 bits per heavy atom. The van der Waals surface area contributed by atoms with Crippen LogP contribution < -0.4 is 19.5 Å². The summed E-state index contributed by atoms with van der Waals surface area (Å²) >= 11 is 0. The average Bonchev–Trinajstić information content (AvgIpc) is 3.24. The van der Waals surface area contributed by atoms with Gasteiger partial charge in [-0.15, -0.1) is 0 Å². The van der Waals surface area contributed by atoms with E-state index in [1.165, 1.54) is 16.6 Å². The van der Waals surface area contributed by atoms with Gasteiger partial charge in [-0.25, -0.2) is 0 Å². The smallest absolute Gasteiger partial charge is 0.224 e. The molecule has 0 bridgehead atoms. The van der Waals surface area contributed by atoms with Gasteiger partial charge in [-0.1, -0.05) is 6.07 Å². The van der Waals surface area contributed by atoms with Crippen molar-refractivity contribution in [2.45, 2.75) is 25.3 Å². The molecule has 0 fully saturated rings. The van der Waals surface area contributed by atoms with Crippen molar-refractivity contribution in [2.75, 3.05) is 21.3 Å². The lowest BCUT2D eigenvalue weighted by atomic mass is 10.1. The van der Waals surface area contributed by atoms with Gasteiger partial charge in [0.25, 0.3) is 0 Å². The van der Waals surface area contributed by atoms with Crippen LogP contribution in [0.25, 0.3) is 10.9 Å². The maximum absolute atomic E-state index is 12.5. The summed E-state index contributed by atoms with van der Waals surface area (Å²) in [6.45, 7) is 0. The summed E-state index contributed by atoms with van der Waals surface area (Å²) in [4.78, 5) is 16.0. The molecule has 1 amide bonds. The number of hydrogen-bond donors (Lipinski definition) is 2. The van der Waals surface area contributed by atoms with Crippen molar-refractivity contribution in [3.05, 3.63) is 53.2 Å². The molecule has 146 valence electrons. The van der Waals surface area contributed by atoms with Crippen molar-refractivity contribution < 1.29 is 19.0 Å². The Bertz CT molecular complexity index is 1020. The van der Waals surface area contributed by atoms with Crippen molar-refractivity contribution in [3.63, 3.8) is 0 Å². The van der Waals surface area contributed by atoms with Crippen molar-refractivity contribution in [1.82, 2.24) is 10.3 Å². The second-order valence-corrected chi connectivity index (χ2v) is 7.03. The Morgan fingerprint density at radius 2 is 1.86 bits per heavy atom. The van der Waals surface area contributed by atoms with Crippen LogP contribution in [-0.4, -0.2) is 38.3 Å². The number of benzene rings is 2. The molecule has 1 aliphatic rings. The van der Waals surface area contributed by atoms with Gasteiger partial charge in [-0.05, 0) is 47.9 Å². The van der Waals surface area contributed by atoms with Gasteiger partial charge < -0.3 is 24.5 Å². The SMILES string of the molecule is COc1ccc2[nH]c3c(c2c1)CC(NC(=O)Cc1ccc(OC)c(OC)c1)C3. The van der Waals surface area contributed by atoms with Gasteiger partial charge in [0, 0.05) is 29.1 Å². The Balaban J connectivity index is 1.43. The number of H-pyrrole nitrogens is 1. The third-order valence-electron chi connectivity index (χ3n) is 5.28. The van der Waals surface area contributed by atoms with Crippen LogP contribution in [0.4, 0.5) is 0 Å². The Kier molecular flexibility index (Phi) is 4.86. The van der Waals surface area contributed by atoms with E-state index in [4.69, 9.17) is 14.2 Å². The second kappa shape index (κ2) is 7.46. The van der Waals surface area contributed by atoms with E-state index >= 15 is 0 Å². The summed E-state index contributed by atoms with van der Waals surface area (Å²) in [5, 5.41) is 4.33. The molecule has 1 unspecified atom stereocenters. The van der Waals surface area contributed by atoms with Gasteiger partial charge in [0.2, 0.25) is 5.91 Å². The quantitative estimate of drug-likeness (QED) is 0.690. The lowest BCUT2D eigenvalue weighted by Gasteiger charge is -2.14. The van der Waals surface area contributed by atoms with E-state index in [0.717, 1.165) is 29.7 Å². The first-order chi connectivity index (χ1) is 13.6. The lowest BCUT2D eigenvalue weighted by molar-refractivity contribution is -0.121. The number of nitrogens with one attached hydrogen (secondary N) is 2. The first kappa shape index (κ1) is 18.2. The predicted octanol–water partition coefficient (Wildman–Crippen LogP) is 3.02.